The van der Waals surface area contributed by atoms with Gasteiger partial charge in [0.2, 0.25) is 0 Å². The van der Waals surface area contributed by atoms with Gasteiger partial charge in [0.25, 0.3) is 0 Å². The van der Waals surface area contributed by atoms with Crippen molar-refractivity contribution in [2.45, 2.75) is 13.3 Å². The summed E-state index contributed by atoms with van der Waals surface area (Å²) in [6.45, 7) is 2.10. The van der Waals surface area contributed by atoms with Gasteiger partial charge in [-0.25, -0.2) is 0 Å². The first-order chi connectivity index (χ1) is 7.33. The second-order valence-corrected chi connectivity index (χ2v) is 3.53. The maximum absolute atomic E-state index is 9.88. The van der Waals surface area contributed by atoms with E-state index in [1.54, 1.807) is 6.07 Å². The Balaban J connectivity index is 2.61. The Hall–Kier alpha value is -1.76. The van der Waals surface area contributed by atoms with E-state index < -0.39 is 0 Å². The zero-order chi connectivity index (χ0) is 10.7. The zero-order valence-electron chi connectivity index (χ0n) is 8.77. The maximum Gasteiger partial charge on any atom is 0.123 e. The van der Waals surface area contributed by atoms with Gasteiger partial charge in [-0.15, -0.1) is 0 Å². The van der Waals surface area contributed by atoms with E-state index in [0.717, 1.165) is 17.5 Å². The first-order valence-electron chi connectivity index (χ1n) is 5.19. The lowest BCUT2D eigenvalue weighted by Gasteiger charge is -2.09. The standard InChI is InChI=1S/C14H14O/c1-2-11-9-6-10-13(15)14(11)12-7-4-3-5-8-12/h3-10,15H,2H2,1H3. The fraction of sp³-hybridized carbons (Fsp3) is 0.143. The minimum Gasteiger partial charge on any atom is -0.507 e. The molecule has 0 radical (unpaired) electrons. The first kappa shape index (κ1) is 9.78. The van der Waals surface area contributed by atoms with Gasteiger partial charge in [0, 0.05) is 5.56 Å². The molecular weight excluding hydrogens is 184 g/mol. The van der Waals surface area contributed by atoms with E-state index in [1.807, 2.05) is 36.4 Å². The predicted octanol–water partition coefficient (Wildman–Crippen LogP) is 3.62. The molecule has 0 bridgehead atoms. The summed E-state index contributed by atoms with van der Waals surface area (Å²) in [5.74, 6) is 0.362. The van der Waals surface area contributed by atoms with Crippen molar-refractivity contribution >= 4 is 0 Å². The van der Waals surface area contributed by atoms with Crippen molar-refractivity contribution in [3.8, 4) is 16.9 Å². The van der Waals surface area contributed by atoms with Crippen LogP contribution in [0.25, 0.3) is 11.1 Å². The van der Waals surface area contributed by atoms with Gasteiger partial charge in [0.05, 0.1) is 0 Å². The van der Waals surface area contributed by atoms with Crippen LogP contribution in [-0.4, -0.2) is 5.11 Å². The van der Waals surface area contributed by atoms with E-state index in [-0.39, 0.29) is 0 Å². The highest BCUT2D eigenvalue weighted by molar-refractivity contribution is 5.73. The molecule has 2 rings (SSSR count). The summed E-state index contributed by atoms with van der Waals surface area (Å²) < 4.78 is 0. The quantitative estimate of drug-likeness (QED) is 0.781. The van der Waals surface area contributed by atoms with Gasteiger partial charge >= 0.3 is 0 Å². The molecule has 0 amide bonds. The second kappa shape index (κ2) is 4.18. The van der Waals surface area contributed by atoms with Crippen molar-refractivity contribution in [1.29, 1.82) is 0 Å². The zero-order valence-corrected chi connectivity index (χ0v) is 8.77. The maximum atomic E-state index is 9.88. The van der Waals surface area contributed by atoms with Crippen LogP contribution in [0.3, 0.4) is 0 Å². The lowest BCUT2D eigenvalue weighted by molar-refractivity contribution is 0.476. The Labute approximate surface area is 90.0 Å². The molecule has 0 aliphatic heterocycles. The Morgan fingerprint density at radius 3 is 2.33 bits per heavy atom. The molecule has 0 unspecified atom stereocenters. The van der Waals surface area contributed by atoms with Crippen LogP contribution in [0.5, 0.6) is 5.75 Å². The second-order valence-electron chi connectivity index (χ2n) is 3.53. The lowest BCUT2D eigenvalue weighted by Crippen LogP contribution is -1.87. The third-order valence-corrected chi connectivity index (χ3v) is 2.57. The fourth-order valence-electron chi connectivity index (χ4n) is 1.82. The van der Waals surface area contributed by atoms with Gasteiger partial charge in [-0.1, -0.05) is 49.4 Å². The van der Waals surface area contributed by atoms with Crippen LogP contribution >= 0.6 is 0 Å². The molecule has 0 fully saturated rings. The summed E-state index contributed by atoms with van der Waals surface area (Å²) in [6.07, 6.45) is 0.929. The first-order valence-corrected chi connectivity index (χ1v) is 5.19. The van der Waals surface area contributed by atoms with E-state index in [1.165, 1.54) is 5.56 Å². The molecule has 0 aliphatic rings. The van der Waals surface area contributed by atoms with E-state index in [2.05, 4.69) is 13.0 Å². The van der Waals surface area contributed by atoms with E-state index in [4.69, 9.17) is 0 Å². The molecule has 0 heterocycles. The van der Waals surface area contributed by atoms with Crippen LogP contribution in [-0.2, 0) is 6.42 Å². The van der Waals surface area contributed by atoms with Crippen molar-refractivity contribution in [2.75, 3.05) is 0 Å². The van der Waals surface area contributed by atoms with Crippen LogP contribution in [0.15, 0.2) is 48.5 Å². The Bertz CT molecular complexity index is 446. The van der Waals surface area contributed by atoms with Crippen molar-refractivity contribution < 1.29 is 5.11 Å². The fourth-order valence-corrected chi connectivity index (χ4v) is 1.82. The number of hydrogen-bond donors (Lipinski definition) is 1. The third kappa shape index (κ3) is 1.86. The number of phenolic OH excluding ortho intramolecular Hbond substituents is 1. The largest absolute Gasteiger partial charge is 0.507 e. The number of aromatic hydroxyl groups is 1. The van der Waals surface area contributed by atoms with Crippen LogP contribution in [0, 0.1) is 0 Å². The van der Waals surface area contributed by atoms with E-state index in [9.17, 15) is 5.11 Å². The van der Waals surface area contributed by atoms with Gasteiger partial charge < -0.3 is 5.11 Å². The van der Waals surface area contributed by atoms with Crippen LogP contribution in [0.2, 0.25) is 0 Å². The Morgan fingerprint density at radius 2 is 1.67 bits per heavy atom. The van der Waals surface area contributed by atoms with Crippen molar-refractivity contribution in [3.63, 3.8) is 0 Å². The number of hydrogen-bond acceptors (Lipinski definition) is 1. The average molecular weight is 198 g/mol. The summed E-state index contributed by atoms with van der Waals surface area (Å²) >= 11 is 0. The summed E-state index contributed by atoms with van der Waals surface area (Å²) in [7, 11) is 0. The van der Waals surface area contributed by atoms with Gasteiger partial charge in [-0.2, -0.15) is 0 Å². The summed E-state index contributed by atoms with van der Waals surface area (Å²) in [4.78, 5) is 0. The molecule has 1 heteroatoms. The van der Waals surface area contributed by atoms with Crippen LogP contribution in [0.1, 0.15) is 12.5 Å². The van der Waals surface area contributed by atoms with Crippen molar-refractivity contribution in [3.05, 3.63) is 54.1 Å². The number of aryl methyl sites for hydroxylation is 1. The SMILES string of the molecule is CCc1cccc(O)c1-c1ccccc1. The number of benzene rings is 2. The Kier molecular flexibility index (Phi) is 2.72. The van der Waals surface area contributed by atoms with Crippen LogP contribution in [0.4, 0.5) is 0 Å². The van der Waals surface area contributed by atoms with Crippen molar-refractivity contribution in [2.24, 2.45) is 0 Å². The van der Waals surface area contributed by atoms with Gasteiger partial charge in [-0.3, -0.25) is 0 Å². The minimum atomic E-state index is 0.362. The molecule has 0 aromatic heterocycles. The molecule has 0 spiro atoms. The van der Waals surface area contributed by atoms with Gasteiger partial charge in [0.1, 0.15) is 5.75 Å². The molecule has 2 aromatic carbocycles. The average Bonchev–Trinajstić information content (AvgIpc) is 2.29. The lowest BCUT2D eigenvalue weighted by atomic mass is 9.97. The highest BCUT2D eigenvalue weighted by Crippen LogP contribution is 2.32. The molecular formula is C14H14O. The number of rotatable bonds is 2. The molecule has 1 nitrogen and oxygen atoms in total. The smallest absolute Gasteiger partial charge is 0.123 e. The predicted molar refractivity (Wildman–Crippen MR) is 62.9 cm³/mol. The highest BCUT2D eigenvalue weighted by Gasteiger charge is 2.07. The topological polar surface area (TPSA) is 20.2 Å². The van der Waals surface area contributed by atoms with E-state index in [0.29, 0.717) is 5.75 Å². The summed E-state index contributed by atoms with van der Waals surface area (Å²) in [6, 6.07) is 15.7. The van der Waals surface area contributed by atoms with Crippen LogP contribution < -0.4 is 0 Å². The normalized spacial score (nSPS) is 10.2. The van der Waals surface area contributed by atoms with E-state index >= 15 is 0 Å². The molecule has 0 atom stereocenters. The summed E-state index contributed by atoms with van der Waals surface area (Å²) in [5.41, 5.74) is 3.22. The monoisotopic (exact) mass is 198 g/mol. The molecule has 2 aromatic rings. The van der Waals surface area contributed by atoms with Crippen molar-refractivity contribution in [1.82, 2.24) is 0 Å². The summed E-state index contributed by atoms with van der Waals surface area (Å²) in [5, 5.41) is 9.88. The molecule has 0 saturated heterocycles. The van der Waals surface area contributed by atoms with Gasteiger partial charge in [-0.05, 0) is 23.6 Å². The third-order valence-electron chi connectivity index (χ3n) is 2.57. The molecule has 76 valence electrons. The molecule has 0 aliphatic carbocycles. The van der Waals surface area contributed by atoms with Gasteiger partial charge in [0.15, 0.2) is 0 Å². The minimum absolute atomic E-state index is 0.362. The molecule has 0 saturated carbocycles. The Morgan fingerprint density at radius 1 is 0.933 bits per heavy atom. The molecule has 15 heavy (non-hydrogen) atoms. The number of phenols is 1. The molecule has 1 N–H and O–H groups in total. The highest BCUT2D eigenvalue weighted by atomic mass is 16.3.